The van der Waals surface area contributed by atoms with Gasteiger partial charge < -0.3 is 20.1 Å². The fraction of sp³-hybridized carbons (Fsp3) is 0.304. The minimum absolute atomic E-state index is 0.333. The molecule has 1 heterocycles. The first kappa shape index (κ1) is 21.7. The van der Waals surface area contributed by atoms with Crippen LogP contribution in [0.15, 0.2) is 59.8 Å². The Bertz CT molecular complexity index is 940. The Hall–Kier alpha value is -2.99. The van der Waals surface area contributed by atoms with E-state index in [1.165, 1.54) is 7.11 Å². The van der Waals surface area contributed by atoms with Crippen LogP contribution in [-0.4, -0.2) is 19.1 Å². The number of urea groups is 1. The van der Waals surface area contributed by atoms with E-state index in [9.17, 15) is 9.59 Å². The molecule has 158 valence electrons. The second kappa shape index (κ2) is 10.2. The molecule has 0 aliphatic carbocycles. The van der Waals surface area contributed by atoms with Gasteiger partial charge in [0.25, 0.3) is 0 Å². The summed E-state index contributed by atoms with van der Waals surface area (Å²) in [4.78, 5) is 24.7. The largest absolute Gasteiger partial charge is 0.489 e. The molecule has 2 aromatic carbocycles. The summed E-state index contributed by atoms with van der Waals surface area (Å²) in [5.74, 6) is 0.216. The maximum Gasteiger partial charge on any atom is 0.337 e. The summed E-state index contributed by atoms with van der Waals surface area (Å²) < 4.78 is 10.8. The summed E-state index contributed by atoms with van der Waals surface area (Å²) in [6.07, 6.45) is 2.41. The minimum atomic E-state index is -0.583. The van der Waals surface area contributed by atoms with Crippen LogP contribution in [0.25, 0.3) is 0 Å². The van der Waals surface area contributed by atoms with Crippen LogP contribution >= 0.6 is 11.6 Å². The zero-order chi connectivity index (χ0) is 21.5. The average Bonchev–Trinajstić information content (AvgIpc) is 2.75. The van der Waals surface area contributed by atoms with E-state index >= 15 is 0 Å². The molecule has 1 atom stereocenters. The Morgan fingerprint density at radius 1 is 1.17 bits per heavy atom. The smallest absolute Gasteiger partial charge is 0.337 e. The zero-order valence-corrected chi connectivity index (χ0v) is 17.8. The topological polar surface area (TPSA) is 76.7 Å². The summed E-state index contributed by atoms with van der Waals surface area (Å²) >= 11 is 6.00. The lowest BCUT2D eigenvalue weighted by Gasteiger charge is -2.29. The number of benzene rings is 2. The van der Waals surface area contributed by atoms with E-state index in [4.69, 9.17) is 21.1 Å². The van der Waals surface area contributed by atoms with Gasteiger partial charge in [0.15, 0.2) is 0 Å². The highest BCUT2D eigenvalue weighted by molar-refractivity contribution is 6.30. The number of methoxy groups -OCH3 is 1. The van der Waals surface area contributed by atoms with E-state index in [1.54, 1.807) is 0 Å². The number of carbonyl (C=O) groups excluding carboxylic acids is 2. The molecule has 1 aliphatic heterocycles. The van der Waals surface area contributed by atoms with Crippen LogP contribution in [0.3, 0.4) is 0 Å². The van der Waals surface area contributed by atoms with Crippen LogP contribution < -0.4 is 15.4 Å². The van der Waals surface area contributed by atoms with E-state index in [2.05, 4.69) is 17.6 Å². The molecule has 2 N–H and O–H groups in total. The highest BCUT2D eigenvalue weighted by Crippen LogP contribution is 2.30. The molecular weight excluding hydrogens is 404 g/mol. The normalized spacial score (nSPS) is 16.0. The molecule has 0 bridgehead atoms. The van der Waals surface area contributed by atoms with Crippen LogP contribution in [0.4, 0.5) is 4.79 Å². The molecule has 1 aliphatic rings. The van der Waals surface area contributed by atoms with Crippen molar-refractivity contribution < 1.29 is 19.1 Å². The van der Waals surface area contributed by atoms with Crippen molar-refractivity contribution in [3.8, 4) is 5.75 Å². The molecule has 0 saturated heterocycles. The number of halogens is 1. The van der Waals surface area contributed by atoms with E-state index in [0.717, 1.165) is 24.0 Å². The summed E-state index contributed by atoms with van der Waals surface area (Å²) in [6, 6.07) is 13.9. The second-order valence-corrected chi connectivity index (χ2v) is 7.44. The van der Waals surface area contributed by atoms with Crippen molar-refractivity contribution in [2.45, 2.75) is 38.8 Å². The number of hydrogen-bond donors (Lipinski definition) is 2. The highest BCUT2D eigenvalue weighted by Gasteiger charge is 2.33. The van der Waals surface area contributed by atoms with Crippen LogP contribution in [0.1, 0.15) is 43.4 Å². The molecule has 0 aromatic heterocycles. The average molecular weight is 429 g/mol. The SMILES string of the molecule is CCCCC1=C(C(=O)OC)C(c2ccc(OCc3cccc(Cl)c3)cc2)NC(=O)N1. The van der Waals surface area contributed by atoms with Gasteiger partial charge in [-0.2, -0.15) is 0 Å². The molecule has 3 rings (SSSR count). The van der Waals surface area contributed by atoms with Crippen LogP contribution in [0.2, 0.25) is 5.02 Å². The molecule has 6 nitrogen and oxygen atoms in total. The van der Waals surface area contributed by atoms with Crippen molar-refractivity contribution >= 4 is 23.6 Å². The van der Waals surface area contributed by atoms with E-state index in [0.29, 0.717) is 35.1 Å². The number of esters is 1. The molecule has 0 spiro atoms. The Balaban J connectivity index is 1.80. The molecule has 1 unspecified atom stereocenters. The van der Waals surface area contributed by atoms with Crippen molar-refractivity contribution in [3.05, 3.63) is 76.0 Å². The lowest BCUT2D eigenvalue weighted by molar-refractivity contribution is -0.136. The fourth-order valence-electron chi connectivity index (χ4n) is 3.32. The number of ether oxygens (including phenoxy) is 2. The fourth-order valence-corrected chi connectivity index (χ4v) is 3.53. The predicted molar refractivity (Wildman–Crippen MR) is 115 cm³/mol. The summed E-state index contributed by atoms with van der Waals surface area (Å²) in [5.41, 5.74) is 2.78. The number of carbonyl (C=O) groups is 2. The Labute approximate surface area is 181 Å². The maximum atomic E-state index is 12.5. The van der Waals surface area contributed by atoms with Crippen LogP contribution in [0.5, 0.6) is 5.75 Å². The van der Waals surface area contributed by atoms with Crippen LogP contribution in [-0.2, 0) is 16.1 Å². The van der Waals surface area contributed by atoms with Gasteiger partial charge >= 0.3 is 12.0 Å². The van der Waals surface area contributed by atoms with Gasteiger partial charge in [-0.1, -0.05) is 49.2 Å². The van der Waals surface area contributed by atoms with Gasteiger partial charge in [-0.15, -0.1) is 0 Å². The Morgan fingerprint density at radius 3 is 2.60 bits per heavy atom. The number of nitrogens with one attached hydrogen (secondary N) is 2. The summed E-state index contributed by atoms with van der Waals surface area (Å²) in [7, 11) is 1.34. The molecule has 0 fully saturated rings. The summed E-state index contributed by atoms with van der Waals surface area (Å²) in [6.45, 7) is 2.44. The third-order valence-electron chi connectivity index (χ3n) is 4.85. The monoisotopic (exact) mass is 428 g/mol. The van der Waals surface area contributed by atoms with Crippen molar-refractivity contribution in [3.63, 3.8) is 0 Å². The van der Waals surface area contributed by atoms with E-state index in [-0.39, 0.29) is 6.03 Å². The number of unbranched alkanes of at least 4 members (excludes halogenated alkanes) is 1. The van der Waals surface area contributed by atoms with E-state index < -0.39 is 12.0 Å². The molecule has 7 heteroatoms. The first-order valence-corrected chi connectivity index (χ1v) is 10.3. The van der Waals surface area contributed by atoms with Gasteiger partial charge in [-0.05, 0) is 48.2 Å². The standard InChI is InChI=1S/C23H25ClN2O4/c1-3-4-8-19-20(22(27)29-2)21(26-23(28)25-19)16-9-11-18(12-10-16)30-14-15-6-5-7-17(24)13-15/h5-7,9-13,21H,3-4,8,14H2,1-2H3,(H2,25,26,28). The van der Waals surface area contributed by atoms with Crippen LogP contribution in [0, 0.1) is 0 Å². The second-order valence-electron chi connectivity index (χ2n) is 7.01. The van der Waals surface area contributed by atoms with Crippen molar-refractivity contribution in [2.75, 3.05) is 7.11 Å². The van der Waals surface area contributed by atoms with Crippen molar-refractivity contribution in [1.29, 1.82) is 0 Å². The van der Waals surface area contributed by atoms with Crippen molar-refractivity contribution in [1.82, 2.24) is 10.6 Å². The highest BCUT2D eigenvalue weighted by atomic mass is 35.5. The Morgan fingerprint density at radius 2 is 1.93 bits per heavy atom. The molecule has 0 saturated carbocycles. The van der Waals surface area contributed by atoms with Gasteiger partial charge in [0.2, 0.25) is 0 Å². The lowest BCUT2D eigenvalue weighted by atomic mass is 9.93. The third-order valence-corrected chi connectivity index (χ3v) is 5.08. The Kier molecular flexibility index (Phi) is 7.36. The zero-order valence-electron chi connectivity index (χ0n) is 17.0. The van der Waals surface area contributed by atoms with Gasteiger partial charge in [-0.25, -0.2) is 9.59 Å². The quantitative estimate of drug-likeness (QED) is 0.587. The number of allylic oxidation sites excluding steroid dienone is 1. The van der Waals surface area contributed by atoms with Gasteiger partial charge in [-0.3, -0.25) is 0 Å². The molecule has 2 aromatic rings. The first-order valence-electron chi connectivity index (χ1n) is 9.88. The maximum absolute atomic E-state index is 12.5. The first-order chi connectivity index (χ1) is 14.5. The summed E-state index contributed by atoms with van der Waals surface area (Å²) in [5, 5.41) is 6.25. The van der Waals surface area contributed by atoms with Gasteiger partial charge in [0, 0.05) is 10.7 Å². The predicted octanol–water partition coefficient (Wildman–Crippen LogP) is 4.89. The molecule has 0 radical (unpaired) electrons. The lowest BCUT2D eigenvalue weighted by Crippen LogP contribution is -2.45. The minimum Gasteiger partial charge on any atom is -0.489 e. The van der Waals surface area contributed by atoms with Gasteiger partial charge in [0.05, 0.1) is 18.7 Å². The molecule has 30 heavy (non-hydrogen) atoms. The number of rotatable bonds is 8. The number of hydrogen-bond acceptors (Lipinski definition) is 4. The van der Waals surface area contributed by atoms with Crippen molar-refractivity contribution in [2.24, 2.45) is 0 Å². The van der Waals surface area contributed by atoms with E-state index in [1.807, 2.05) is 48.5 Å². The van der Waals surface area contributed by atoms with Gasteiger partial charge in [0.1, 0.15) is 12.4 Å². The molecular formula is C23H25ClN2O4. The number of amides is 2. The molecule has 2 amide bonds. The third kappa shape index (κ3) is 5.33.